The van der Waals surface area contributed by atoms with E-state index >= 15 is 0 Å². The summed E-state index contributed by atoms with van der Waals surface area (Å²) in [6.45, 7) is 7.52. The number of nitrogens with one attached hydrogen (secondary N) is 1. The molecule has 0 saturated heterocycles. The van der Waals surface area contributed by atoms with Crippen molar-refractivity contribution < 1.29 is 27.1 Å². The standard InChI is InChI=1S/C27H37ClFN3O5S/c1-7-23(26(34)30-27(2,3)4)31(18-19-10-12-20(29)13-11-19)25(33)9-8-16-32(38(6,35)36)21-14-15-24(37-5)22(28)17-21/h10-15,17,23H,7-9,16,18H2,1-6H3,(H,30,34)/t23-/m0/s1. The molecule has 0 radical (unpaired) electrons. The summed E-state index contributed by atoms with van der Waals surface area (Å²) >= 11 is 6.19. The van der Waals surface area contributed by atoms with Crippen LogP contribution in [0.3, 0.4) is 0 Å². The number of amides is 2. The Labute approximate surface area is 230 Å². The number of methoxy groups -OCH3 is 1. The summed E-state index contributed by atoms with van der Waals surface area (Å²) in [4.78, 5) is 28.0. The minimum absolute atomic E-state index is 0.00357. The second-order valence-corrected chi connectivity index (χ2v) is 12.4. The fraction of sp³-hybridized carbons (Fsp3) is 0.481. The molecular formula is C27H37ClFN3O5S. The first-order valence-corrected chi connectivity index (χ1v) is 14.6. The van der Waals surface area contributed by atoms with Crippen molar-refractivity contribution in [2.24, 2.45) is 0 Å². The molecule has 0 heterocycles. The summed E-state index contributed by atoms with van der Waals surface area (Å²) in [7, 11) is -2.21. The maximum atomic E-state index is 13.5. The molecule has 0 saturated carbocycles. The molecule has 38 heavy (non-hydrogen) atoms. The number of benzene rings is 2. The number of sulfonamides is 1. The Morgan fingerprint density at radius 3 is 2.26 bits per heavy atom. The topological polar surface area (TPSA) is 96.0 Å². The van der Waals surface area contributed by atoms with E-state index in [9.17, 15) is 22.4 Å². The molecule has 0 fully saturated rings. The van der Waals surface area contributed by atoms with Crippen LogP contribution < -0.4 is 14.4 Å². The van der Waals surface area contributed by atoms with Crippen LogP contribution in [0.4, 0.5) is 10.1 Å². The molecule has 0 spiro atoms. The maximum Gasteiger partial charge on any atom is 0.243 e. The first-order chi connectivity index (χ1) is 17.7. The van der Waals surface area contributed by atoms with Crippen molar-refractivity contribution in [3.8, 4) is 5.75 Å². The molecule has 1 N–H and O–H groups in total. The summed E-state index contributed by atoms with van der Waals surface area (Å²) in [5.74, 6) is -0.592. The van der Waals surface area contributed by atoms with Crippen LogP contribution in [0.1, 0.15) is 52.5 Å². The lowest BCUT2D eigenvalue weighted by Gasteiger charge is -2.33. The van der Waals surface area contributed by atoms with Crippen LogP contribution in [-0.2, 0) is 26.2 Å². The van der Waals surface area contributed by atoms with Gasteiger partial charge in [0.05, 0.1) is 24.1 Å². The molecule has 2 amide bonds. The summed E-state index contributed by atoms with van der Waals surface area (Å²) in [6.07, 6.45) is 1.65. The second-order valence-electron chi connectivity index (χ2n) is 10.1. The average molecular weight is 570 g/mol. The van der Waals surface area contributed by atoms with Gasteiger partial charge in [0.2, 0.25) is 21.8 Å². The summed E-state index contributed by atoms with van der Waals surface area (Å²) < 4.78 is 44.8. The van der Waals surface area contributed by atoms with Gasteiger partial charge in [-0.15, -0.1) is 0 Å². The van der Waals surface area contributed by atoms with Crippen LogP contribution in [0.25, 0.3) is 0 Å². The van der Waals surface area contributed by atoms with Crippen molar-refractivity contribution in [3.63, 3.8) is 0 Å². The number of carbonyl (C=O) groups is 2. The Kier molecular flexibility index (Phi) is 11.0. The third kappa shape index (κ3) is 9.16. The zero-order valence-corrected chi connectivity index (χ0v) is 24.3. The van der Waals surface area contributed by atoms with Gasteiger partial charge in [-0.2, -0.15) is 0 Å². The normalized spacial score (nSPS) is 12.5. The van der Waals surface area contributed by atoms with Gasteiger partial charge in [-0.3, -0.25) is 13.9 Å². The first-order valence-electron chi connectivity index (χ1n) is 12.3. The third-order valence-electron chi connectivity index (χ3n) is 5.73. The molecule has 0 aromatic heterocycles. The smallest absolute Gasteiger partial charge is 0.243 e. The van der Waals surface area contributed by atoms with Crippen molar-refractivity contribution in [1.82, 2.24) is 10.2 Å². The summed E-state index contributed by atoms with van der Waals surface area (Å²) in [5, 5.41) is 3.19. The van der Waals surface area contributed by atoms with Crippen LogP contribution in [0.2, 0.25) is 5.02 Å². The van der Waals surface area contributed by atoms with Crippen LogP contribution in [-0.4, -0.2) is 56.6 Å². The average Bonchev–Trinajstić information content (AvgIpc) is 2.80. The van der Waals surface area contributed by atoms with Crippen molar-refractivity contribution in [2.75, 3.05) is 24.2 Å². The van der Waals surface area contributed by atoms with E-state index in [2.05, 4.69) is 5.32 Å². The third-order valence-corrected chi connectivity index (χ3v) is 7.22. The maximum absolute atomic E-state index is 13.5. The summed E-state index contributed by atoms with van der Waals surface area (Å²) in [5.41, 5.74) is 0.530. The number of anilines is 1. The van der Waals surface area contributed by atoms with E-state index < -0.39 is 27.4 Å². The number of carbonyl (C=O) groups excluding carboxylic acids is 2. The molecule has 2 aromatic carbocycles. The van der Waals surface area contributed by atoms with E-state index in [1.807, 2.05) is 27.7 Å². The molecule has 0 aliphatic heterocycles. The second kappa shape index (κ2) is 13.3. The Morgan fingerprint density at radius 1 is 1.13 bits per heavy atom. The fourth-order valence-electron chi connectivity index (χ4n) is 3.97. The number of hydrogen-bond donors (Lipinski definition) is 1. The molecule has 0 aliphatic carbocycles. The lowest BCUT2D eigenvalue weighted by Crippen LogP contribution is -2.53. The lowest BCUT2D eigenvalue weighted by molar-refractivity contribution is -0.142. The fourth-order valence-corrected chi connectivity index (χ4v) is 5.18. The van der Waals surface area contributed by atoms with E-state index in [1.54, 1.807) is 24.3 Å². The molecule has 8 nitrogen and oxygen atoms in total. The zero-order valence-electron chi connectivity index (χ0n) is 22.8. The first kappa shape index (κ1) is 31.4. The zero-order chi connectivity index (χ0) is 28.7. The Hall–Kier alpha value is -2.85. The Balaban J connectivity index is 2.25. The number of hydrogen-bond acceptors (Lipinski definition) is 5. The van der Waals surface area contributed by atoms with Crippen molar-refractivity contribution in [1.29, 1.82) is 0 Å². The van der Waals surface area contributed by atoms with Crippen molar-refractivity contribution in [2.45, 2.75) is 65.1 Å². The molecule has 0 bridgehead atoms. The predicted octanol–water partition coefficient (Wildman–Crippen LogP) is 4.76. The molecule has 2 aromatic rings. The number of ether oxygens (including phenoxy) is 1. The van der Waals surface area contributed by atoms with Gasteiger partial charge in [-0.1, -0.05) is 30.7 Å². The van der Waals surface area contributed by atoms with E-state index in [-0.39, 0.29) is 42.8 Å². The largest absolute Gasteiger partial charge is 0.495 e. The monoisotopic (exact) mass is 569 g/mol. The highest BCUT2D eigenvalue weighted by atomic mass is 35.5. The predicted molar refractivity (Wildman–Crippen MR) is 148 cm³/mol. The van der Waals surface area contributed by atoms with E-state index in [0.29, 0.717) is 23.4 Å². The minimum atomic E-state index is -3.67. The van der Waals surface area contributed by atoms with E-state index in [1.165, 1.54) is 34.5 Å². The molecular weight excluding hydrogens is 533 g/mol. The number of halogens is 2. The SMILES string of the molecule is CC[C@@H](C(=O)NC(C)(C)C)N(Cc1ccc(F)cc1)C(=O)CCCN(c1ccc(OC)c(Cl)c1)S(C)(=O)=O. The molecule has 1 atom stereocenters. The van der Waals surface area contributed by atoms with Gasteiger partial charge in [0, 0.05) is 25.0 Å². The Bertz CT molecular complexity index is 1220. The van der Waals surface area contributed by atoms with E-state index in [4.69, 9.17) is 16.3 Å². The highest BCUT2D eigenvalue weighted by Gasteiger charge is 2.30. The molecule has 0 unspecified atom stereocenters. The van der Waals surface area contributed by atoms with Gasteiger partial charge in [-0.25, -0.2) is 12.8 Å². The molecule has 11 heteroatoms. The highest BCUT2D eigenvalue weighted by molar-refractivity contribution is 7.92. The molecule has 210 valence electrons. The number of rotatable bonds is 12. The van der Waals surface area contributed by atoms with Crippen molar-refractivity contribution in [3.05, 3.63) is 58.9 Å². The van der Waals surface area contributed by atoms with Gasteiger partial charge >= 0.3 is 0 Å². The van der Waals surface area contributed by atoms with Crippen LogP contribution >= 0.6 is 11.6 Å². The molecule has 2 rings (SSSR count). The number of nitrogens with zero attached hydrogens (tertiary/aromatic N) is 2. The minimum Gasteiger partial charge on any atom is -0.495 e. The van der Waals surface area contributed by atoms with E-state index in [0.717, 1.165) is 6.26 Å². The molecule has 0 aliphatic rings. The quantitative estimate of drug-likeness (QED) is 0.398. The van der Waals surface area contributed by atoms with Gasteiger partial charge in [-0.05, 0) is 69.5 Å². The highest BCUT2D eigenvalue weighted by Crippen LogP contribution is 2.30. The van der Waals surface area contributed by atoms with Crippen molar-refractivity contribution >= 4 is 39.1 Å². The van der Waals surface area contributed by atoms with Crippen LogP contribution in [0.15, 0.2) is 42.5 Å². The van der Waals surface area contributed by atoms with Gasteiger partial charge < -0.3 is 15.0 Å². The Morgan fingerprint density at radius 2 is 1.76 bits per heavy atom. The summed E-state index contributed by atoms with van der Waals surface area (Å²) in [6, 6.07) is 9.65. The lowest BCUT2D eigenvalue weighted by atomic mass is 10.0. The van der Waals surface area contributed by atoms with Gasteiger partial charge in [0.1, 0.15) is 17.6 Å². The van der Waals surface area contributed by atoms with Crippen LogP contribution in [0.5, 0.6) is 5.75 Å². The van der Waals surface area contributed by atoms with Gasteiger partial charge in [0.15, 0.2) is 0 Å². The van der Waals surface area contributed by atoms with Crippen LogP contribution in [0, 0.1) is 5.82 Å². The van der Waals surface area contributed by atoms with Gasteiger partial charge in [0.25, 0.3) is 0 Å².